The van der Waals surface area contributed by atoms with Crippen molar-refractivity contribution in [2.24, 2.45) is 0 Å². The molecule has 17 heavy (non-hydrogen) atoms. The number of carbonyl (C=O) groups excluding carboxylic acids is 3. The molecule has 1 aliphatic rings. The second-order valence-corrected chi connectivity index (χ2v) is 3.88. The minimum atomic E-state index is -0.501. The maximum absolute atomic E-state index is 11.5. The summed E-state index contributed by atoms with van der Waals surface area (Å²) in [5.41, 5.74) is 0. The van der Waals surface area contributed by atoms with Gasteiger partial charge < -0.3 is 4.74 Å². The van der Waals surface area contributed by atoms with E-state index in [1.54, 1.807) is 6.92 Å². The third-order valence-electron chi connectivity index (χ3n) is 2.62. The first kappa shape index (κ1) is 13.6. The molecule has 0 spiro atoms. The van der Waals surface area contributed by atoms with E-state index >= 15 is 0 Å². The van der Waals surface area contributed by atoms with Gasteiger partial charge in [-0.3, -0.25) is 25.0 Å². The molecule has 0 aromatic carbocycles. The summed E-state index contributed by atoms with van der Waals surface area (Å²) in [6, 6.07) is -0.999. The van der Waals surface area contributed by atoms with Crippen LogP contribution < -0.4 is 10.6 Å². The van der Waals surface area contributed by atoms with Crippen LogP contribution in [-0.4, -0.2) is 36.5 Å². The molecule has 1 fully saturated rings. The highest BCUT2D eigenvalue weighted by atomic mass is 16.5. The van der Waals surface area contributed by atoms with Gasteiger partial charge in [0.15, 0.2) is 0 Å². The topological polar surface area (TPSA) is 84.5 Å². The van der Waals surface area contributed by atoms with Crippen LogP contribution in [0.15, 0.2) is 0 Å². The van der Waals surface area contributed by atoms with Crippen molar-refractivity contribution in [3.05, 3.63) is 0 Å². The van der Waals surface area contributed by atoms with Gasteiger partial charge in [-0.05, 0) is 19.8 Å². The number of rotatable bonds is 5. The van der Waals surface area contributed by atoms with Gasteiger partial charge >= 0.3 is 5.97 Å². The van der Waals surface area contributed by atoms with Crippen molar-refractivity contribution >= 4 is 17.8 Å². The van der Waals surface area contributed by atoms with Crippen molar-refractivity contribution in [1.82, 2.24) is 10.6 Å². The van der Waals surface area contributed by atoms with E-state index in [1.165, 1.54) is 0 Å². The summed E-state index contributed by atoms with van der Waals surface area (Å²) in [6.07, 6.45) is 1.25. The maximum Gasteiger partial charge on any atom is 0.323 e. The number of imide groups is 1. The smallest absolute Gasteiger partial charge is 0.323 e. The number of carbonyl (C=O) groups is 3. The Kier molecular flexibility index (Phi) is 5.09. The molecule has 0 aromatic heterocycles. The minimum Gasteiger partial charge on any atom is -0.465 e. The predicted octanol–water partition coefficient (Wildman–Crippen LogP) is -0.277. The summed E-state index contributed by atoms with van der Waals surface area (Å²) in [7, 11) is 0. The second kappa shape index (κ2) is 6.34. The standard InChI is InChI=1S/C11H18N2O4/c1-3-7(11(16)17-4-2)12-8-5-6-9(14)13-10(8)15/h7-8,12H,3-6H2,1-2H3,(H,13,14,15). The largest absolute Gasteiger partial charge is 0.465 e. The number of nitrogens with one attached hydrogen (secondary N) is 2. The van der Waals surface area contributed by atoms with Crippen LogP contribution in [0.25, 0.3) is 0 Å². The van der Waals surface area contributed by atoms with Gasteiger partial charge in [0, 0.05) is 6.42 Å². The molecule has 2 atom stereocenters. The van der Waals surface area contributed by atoms with Gasteiger partial charge in [0.2, 0.25) is 11.8 Å². The SMILES string of the molecule is CCOC(=O)C(CC)NC1CCC(=O)NC1=O. The zero-order chi connectivity index (χ0) is 12.8. The van der Waals surface area contributed by atoms with Crippen LogP contribution in [0.3, 0.4) is 0 Å². The summed E-state index contributed by atoms with van der Waals surface area (Å²) in [6.45, 7) is 3.88. The quantitative estimate of drug-likeness (QED) is 0.512. The lowest BCUT2D eigenvalue weighted by atomic mass is 10.0. The molecule has 1 aliphatic heterocycles. The Hall–Kier alpha value is -1.43. The van der Waals surface area contributed by atoms with Crippen molar-refractivity contribution < 1.29 is 19.1 Å². The molecular formula is C11H18N2O4. The molecule has 0 bridgehead atoms. The van der Waals surface area contributed by atoms with Gasteiger partial charge in [-0.1, -0.05) is 6.92 Å². The van der Waals surface area contributed by atoms with Gasteiger partial charge in [-0.15, -0.1) is 0 Å². The van der Waals surface area contributed by atoms with Crippen LogP contribution in [0.5, 0.6) is 0 Å². The van der Waals surface area contributed by atoms with E-state index in [2.05, 4.69) is 10.6 Å². The molecule has 0 aromatic rings. The van der Waals surface area contributed by atoms with Crippen molar-refractivity contribution in [2.45, 2.75) is 45.2 Å². The summed E-state index contributed by atoms with van der Waals surface area (Å²) < 4.78 is 4.89. The van der Waals surface area contributed by atoms with Gasteiger partial charge in [0.25, 0.3) is 0 Å². The van der Waals surface area contributed by atoms with Crippen molar-refractivity contribution in [2.75, 3.05) is 6.61 Å². The molecule has 1 saturated heterocycles. The average molecular weight is 242 g/mol. The first-order valence-corrected chi connectivity index (χ1v) is 5.84. The normalized spacial score (nSPS) is 21.9. The number of esters is 1. The Morgan fingerprint density at radius 1 is 1.53 bits per heavy atom. The summed E-state index contributed by atoms with van der Waals surface area (Å²) in [4.78, 5) is 34.0. The maximum atomic E-state index is 11.5. The number of ether oxygens (including phenoxy) is 1. The molecule has 1 heterocycles. The number of amides is 2. The molecule has 2 N–H and O–H groups in total. The highest BCUT2D eigenvalue weighted by Gasteiger charge is 2.30. The Labute approximate surface area is 100 Å². The first-order valence-electron chi connectivity index (χ1n) is 5.84. The average Bonchev–Trinajstić information content (AvgIpc) is 2.28. The fraction of sp³-hybridized carbons (Fsp3) is 0.727. The van der Waals surface area contributed by atoms with E-state index in [0.717, 1.165) is 0 Å². The number of hydrogen-bond donors (Lipinski definition) is 2. The van der Waals surface area contributed by atoms with E-state index in [9.17, 15) is 14.4 Å². The molecule has 2 amide bonds. The molecule has 1 rings (SSSR count). The molecular weight excluding hydrogens is 224 g/mol. The third-order valence-corrected chi connectivity index (χ3v) is 2.62. The zero-order valence-corrected chi connectivity index (χ0v) is 10.1. The van der Waals surface area contributed by atoms with Gasteiger partial charge in [0.05, 0.1) is 12.6 Å². The molecule has 0 saturated carbocycles. The van der Waals surface area contributed by atoms with Crippen LogP contribution in [-0.2, 0) is 19.1 Å². The van der Waals surface area contributed by atoms with E-state index < -0.39 is 12.1 Å². The Morgan fingerprint density at radius 3 is 2.76 bits per heavy atom. The van der Waals surface area contributed by atoms with Crippen molar-refractivity contribution in [3.8, 4) is 0 Å². The molecule has 0 radical (unpaired) electrons. The fourth-order valence-electron chi connectivity index (χ4n) is 1.69. The van der Waals surface area contributed by atoms with Gasteiger partial charge in [0.1, 0.15) is 6.04 Å². The van der Waals surface area contributed by atoms with Crippen LogP contribution >= 0.6 is 0 Å². The molecule has 6 nitrogen and oxygen atoms in total. The number of piperidine rings is 1. The molecule has 6 heteroatoms. The lowest BCUT2D eigenvalue weighted by molar-refractivity contribution is -0.146. The number of hydrogen-bond acceptors (Lipinski definition) is 5. The minimum absolute atomic E-state index is 0.266. The van der Waals surface area contributed by atoms with Crippen LogP contribution in [0, 0.1) is 0 Å². The van der Waals surface area contributed by atoms with Crippen LogP contribution in [0.4, 0.5) is 0 Å². The van der Waals surface area contributed by atoms with E-state index in [0.29, 0.717) is 25.9 Å². The summed E-state index contributed by atoms with van der Waals surface area (Å²) >= 11 is 0. The first-order chi connectivity index (χ1) is 8.08. The van der Waals surface area contributed by atoms with Gasteiger partial charge in [-0.2, -0.15) is 0 Å². The van der Waals surface area contributed by atoms with E-state index in [1.807, 2.05) is 6.92 Å². The second-order valence-electron chi connectivity index (χ2n) is 3.88. The Bertz CT molecular complexity index is 317. The van der Waals surface area contributed by atoms with Crippen LogP contribution in [0.2, 0.25) is 0 Å². The zero-order valence-electron chi connectivity index (χ0n) is 10.1. The summed E-state index contributed by atoms with van der Waals surface area (Å²) in [5.74, 6) is -0.999. The molecule has 2 unspecified atom stereocenters. The third kappa shape index (κ3) is 3.81. The van der Waals surface area contributed by atoms with Crippen molar-refractivity contribution in [3.63, 3.8) is 0 Å². The highest BCUT2D eigenvalue weighted by molar-refractivity contribution is 6.00. The predicted molar refractivity (Wildman–Crippen MR) is 60.0 cm³/mol. The van der Waals surface area contributed by atoms with Gasteiger partial charge in [-0.25, -0.2) is 0 Å². The van der Waals surface area contributed by atoms with Crippen LogP contribution in [0.1, 0.15) is 33.1 Å². The Morgan fingerprint density at radius 2 is 2.24 bits per heavy atom. The lowest BCUT2D eigenvalue weighted by Gasteiger charge is -2.25. The monoisotopic (exact) mass is 242 g/mol. The molecule has 96 valence electrons. The Balaban J connectivity index is 2.53. The van der Waals surface area contributed by atoms with E-state index in [-0.39, 0.29) is 17.8 Å². The van der Waals surface area contributed by atoms with E-state index in [4.69, 9.17) is 4.74 Å². The lowest BCUT2D eigenvalue weighted by Crippen LogP contribution is -2.55. The highest BCUT2D eigenvalue weighted by Crippen LogP contribution is 2.07. The molecule has 0 aliphatic carbocycles. The fourth-order valence-corrected chi connectivity index (χ4v) is 1.69. The van der Waals surface area contributed by atoms with Crippen molar-refractivity contribution in [1.29, 1.82) is 0 Å². The summed E-state index contributed by atoms with van der Waals surface area (Å²) in [5, 5.41) is 5.16.